The van der Waals surface area contributed by atoms with E-state index in [1.807, 2.05) is 0 Å². The fourth-order valence-corrected chi connectivity index (χ4v) is 1.98. The Hall–Kier alpha value is -1.89. The number of H-pyrrole nitrogens is 1. The van der Waals surface area contributed by atoms with E-state index in [-0.39, 0.29) is 17.0 Å². The monoisotopic (exact) mass is 253 g/mol. The number of hydrogen-bond donors (Lipinski definition) is 3. The van der Waals surface area contributed by atoms with Crippen LogP contribution in [-0.4, -0.2) is 46.2 Å². The van der Waals surface area contributed by atoms with Gasteiger partial charge < -0.3 is 20.1 Å². The molecule has 1 saturated carbocycles. The summed E-state index contributed by atoms with van der Waals surface area (Å²) >= 11 is 0. The Morgan fingerprint density at radius 1 is 1.61 bits per heavy atom. The van der Waals surface area contributed by atoms with Gasteiger partial charge in [0.2, 0.25) is 0 Å². The number of aromatic nitrogens is 2. The second kappa shape index (κ2) is 4.77. The molecule has 0 saturated heterocycles. The molecule has 7 nitrogen and oxygen atoms in total. The van der Waals surface area contributed by atoms with Gasteiger partial charge in [-0.3, -0.25) is 4.79 Å². The molecule has 0 spiro atoms. The molecule has 0 atom stereocenters. The number of rotatable bonds is 5. The van der Waals surface area contributed by atoms with E-state index in [9.17, 15) is 9.59 Å². The Labute approximate surface area is 104 Å². The normalized spacial score (nSPS) is 16.9. The van der Waals surface area contributed by atoms with Crippen molar-refractivity contribution in [3.8, 4) is 0 Å². The fourth-order valence-electron chi connectivity index (χ4n) is 1.98. The van der Waals surface area contributed by atoms with Crippen molar-refractivity contribution in [3.05, 3.63) is 17.7 Å². The summed E-state index contributed by atoms with van der Waals surface area (Å²) in [6.45, 7) is 0.369. The van der Waals surface area contributed by atoms with Crippen LogP contribution in [0.1, 0.15) is 40.2 Å². The highest BCUT2D eigenvalue weighted by molar-refractivity contribution is 6.02. The third kappa shape index (κ3) is 2.21. The number of ether oxygens (including phenoxy) is 1. The lowest BCUT2D eigenvalue weighted by Gasteiger charge is -2.40. The first-order chi connectivity index (χ1) is 8.58. The molecule has 0 aromatic carbocycles. The molecule has 1 aliphatic carbocycles. The minimum absolute atomic E-state index is 0.104. The molecule has 0 unspecified atom stereocenters. The summed E-state index contributed by atoms with van der Waals surface area (Å²) in [6.07, 6.45) is 4.06. The number of hydrogen-bond acceptors (Lipinski definition) is 4. The molecule has 1 aromatic rings. The van der Waals surface area contributed by atoms with Gasteiger partial charge in [-0.2, -0.15) is 0 Å². The van der Waals surface area contributed by atoms with E-state index in [0.717, 1.165) is 19.3 Å². The molecule has 1 aromatic heterocycles. The lowest BCUT2D eigenvalue weighted by Crippen LogP contribution is -2.49. The predicted molar refractivity (Wildman–Crippen MR) is 61.5 cm³/mol. The molecule has 1 amide bonds. The van der Waals surface area contributed by atoms with Gasteiger partial charge >= 0.3 is 5.97 Å². The van der Waals surface area contributed by atoms with E-state index in [4.69, 9.17) is 9.84 Å². The number of carbonyl (C=O) groups excluding carboxylic acids is 1. The van der Waals surface area contributed by atoms with E-state index in [1.54, 1.807) is 7.11 Å². The van der Waals surface area contributed by atoms with E-state index in [1.165, 1.54) is 6.33 Å². The maximum atomic E-state index is 11.8. The van der Waals surface area contributed by atoms with Crippen molar-refractivity contribution in [2.45, 2.75) is 24.9 Å². The van der Waals surface area contributed by atoms with Crippen molar-refractivity contribution in [1.82, 2.24) is 15.3 Å². The average molecular weight is 253 g/mol. The second-order valence-corrected chi connectivity index (χ2v) is 4.35. The van der Waals surface area contributed by atoms with E-state index in [2.05, 4.69) is 15.3 Å². The molecule has 0 aliphatic heterocycles. The molecule has 1 heterocycles. The number of aromatic carboxylic acids is 1. The fraction of sp³-hybridized carbons (Fsp3) is 0.545. The van der Waals surface area contributed by atoms with Gasteiger partial charge in [0.05, 0.1) is 11.9 Å². The van der Waals surface area contributed by atoms with Gasteiger partial charge in [-0.1, -0.05) is 0 Å². The maximum Gasteiger partial charge on any atom is 0.354 e. The van der Waals surface area contributed by atoms with E-state index < -0.39 is 11.9 Å². The van der Waals surface area contributed by atoms with Crippen LogP contribution in [0.3, 0.4) is 0 Å². The summed E-state index contributed by atoms with van der Waals surface area (Å²) in [5.74, 6) is -1.71. The topological polar surface area (TPSA) is 104 Å². The van der Waals surface area contributed by atoms with Crippen molar-refractivity contribution in [3.63, 3.8) is 0 Å². The van der Waals surface area contributed by atoms with Gasteiger partial charge in [-0.15, -0.1) is 0 Å². The standard InChI is InChI=1S/C11H15N3O4/c1-18-11(3-2-4-11)5-12-9(15)7-8(10(16)17)14-6-13-7/h6H,2-5H2,1H3,(H,12,15)(H,13,14)(H,16,17). The number of carboxylic acids is 1. The van der Waals surface area contributed by atoms with Crippen molar-refractivity contribution in [1.29, 1.82) is 0 Å². The lowest BCUT2D eigenvalue weighted by molar-refractivity contribution is -0.0679. The number of carboxylic acid groups (broad SMARTS) is 1. The zero-order valence-electron chi connectivity index (χ0n) is 10.0. The summed E-state index contributed by atoms with van der Waals surface area (Å²) < 4.78 is 5.36. The quantitative estimate of drug-likeness (QED) is 0.704. The molecule has 0 radical (unpaired) electrons. The van der Waals surface area contributed by atoms with E-state index >= 15 is 0 Å². The minimum Gasteiger partial charge on any atom is -0.477 e. The number of amides is 1. The number of imidazole rings is 1. The van der Waals surface area contributed by atoms with Gasteiger partial charge in [-0.25, -0.2) is 9.78 Å². The molecule has 2 rings (SSSR count). The molecule has 18 heavy (non-hydrogen) atoms. The van der Waals surface area contributed by atoms with Crippen LogP contribution in [-0.2, 0) is 4.74 Å². The van der Waals surface area contributed by atoms with Gasteiger partial charge in [0.1, 0.15) is 0 Å². The number of methoxy groups -OCH3 is 1. The van der Waals surface area contributed by atoms with Gasteiger partial charge in [0, 0.05) is 13.7 Å². The average Bonchev–Trinajstić information content (AvgIpc) is 2.76. The Kier molecular flexibility index (Phi) is 3.33. The first-order valence-corrected chi connectivity index (χ1v) is 5.68. The van der Waals surface area contributed by atoms with Crippen molar-refractivity contribution in [2.75, 3.05) is 13.7 Å². The zero-order valence-corrected chi connectivity index (χ0v) is 10.0. The Morgan fingerprint density at radius 3 is 2.83 bits per heavy atom. The highest BCUT2D eigenvalue weighted by Gasteiger charge is 2.37. The van der Waals surface area contributed by atoms with Crippen LogP contribution >= 0.6 is 0 Å². The van der Waals surface area contributed by atoms with E-state index in [0.29, 0.717) is 6.54 Å². The lowest BCUT2D eigenvalue weighted by atomic mass is 9.80. The van der Waals surface area contributed by atoms with Crippen LogP contribution in [0.15, 0.2) is 6.33 Å². The molecule has 1 fully saturated rings. The van der Waals surface area contributed by atoms with Crippen molar-refractivity contribution in [2.24, 2.45) is 0 Å². The maximum absolute atomic E-state index is 11.8. The molecular weight excluding hydrogens is 238 g/mol. The van der Waals surface area contributed by atoms with Crippen LogP contribution in [0, 0.1) is 0 Å². The summed E-state index contributed by atoms with van der Waals surface area (Å²) in [6, 6.07) is 0. The Morgan fingerprint density at radius 2 is 2.33 bits per heavy atom. The van der Waals surface area contributed by atoms with Crippen LogP contribution in [0.5, 0.6) is 0 Å². The summed E-state index contributed by atoms with van der Waals surface area (Å²) in [4.78, 5) is 28.8. The molecule has 0 bridgehead atoms. The molecular formula is C11H15N3O4. The first-order valence-electron chi connectivity index (χ1n) is 5.68. The summed E-state index contributed by atoms with van der Waals surface area (Å²) in [7, 11) is 1.61. The Bertz CT molecular complexity index is 459. The highest BCUT2D eigenvalue weighted by atomic mass is 16.5. The largest absolute Gasteiger partial charge is 0.477 e. The highest BCUT2D eigenvalue weighted by Crippen LogP contribution is 2.34. The Balaban J connectivity index is 1.99. The second-order valence-electron chi connectivity index (χ2n) is 4.35. The smallest absolute Gasteiger partial charge is 0.354 e. The molecule has 98 valence electrons. The summed E-state index contributed by atoms with van der Waals surface area (Å²) in [5.41, 5.74) is -0.601. The number of aromatic amines is 1. The SMILES string of the molecule is COC1(CNC(=O)c2nc[nH]c2C(=O)O)CCC1. The van der Waals surface area contributed by atoms with Crippen LogP contribution in [0.4, 0.5) is 0 Å². The van der Waals surface area contributed by atoms with Gasteiger partial charge in [-0.05, 0) is 19.3 Å². The van der Waals surface area contributed by atoms with Gasteiger partial charge in [0.15, 0.2) is 11.4 Å². The van der Waals surface area contributed by atoms with Gasteiger partial charge in [0.25, 0.3) is 5.91 Å². The third-order valence-electron chi connectivity index (χ3n) is 3.34. The van der Waals surface area contributed by atoms with Crippen molar-refractivity contribution < 1.29 is 19.4 Å². The van der Waals surface area contributed by atoms with Crippen molar-refractivity contribution >= 4 is 11.9 Å². The minimum atomic E-state index is -1.21. The van der Waals surface area contributed by atoms with Crippen LogP contribution in [0.25, 0.3) is 0 Å². The van der Waals surface area contributed by atoms with Crippen LogP contribution in [0.2, 0.25) is 0 Å². The number of nitrogens with one attached hydrogen (secondary N) is 2. The predicted octanol–water partition coefficient (Wildman–Crippen LogP) is 0.407. The molecule has 1 aliphatic rings. The molecule has 3 N–H and O–H groups in total. The summed E-state index contributed by atoms with van der Waals surface area (Å²) in [5, 5.41) is 11.5. The zero-order chi connectivity index (χ0) is 13.2. The van der Waals surface area contributed by atoms with Crippen LogP contribution < -0.4 is 5.32 Å². The number of nitrogens with zero attached hydrogens (tertiary/aromatic N) is 1. The first kappa shape index (κ1) is 12.6. The number of carbonyl (C=O) groups is 2. The third-order valence-corrected chi connectivity index (χ3v) is 3.34. The molecule has 7 heteroatoms.